The van der Waals surface area contributed by atoms with Crippen LogP contribution in [0.5, 0.6) is 0 Å². The summed E-state index contributed by atoms with van der Waals surface area (Å²) in [6, 6.07) is 4.19. The van der Waals surface area contributed by atoms with Crippen LogP contribution >= 0.6 is 34.4 Å². The van der Waals surface area contributed by atoms with Crippen molar-refractivity contribution in [2.45, 2.75) is 25.2 Å². The largest absolute Gasteiger partial charge is 0.477 e. The summed E-state index contributed by atoms with van der Waals surface area (Å²) in [6.07, 6.45) is 5.41. The number of aromatic nitrogens is 2. The van der Waals surface area contributed by atoms with Gasteiger partial charge in [0, 0.05) is 22.1 Å². The highest BCUT2D eigenvalue weighted by atomic mass is 32.2. The molecule has 2 aliphatic rings. The number of aliphatic carboxylic acids is 1. The number of β-lactam (4-membered cyclic amide) rings is 1. The highest BCUT2D eigenvalue weighted by Gasteiger charge is 2.54. The van der Waals surface area contributed by atoms with Crippen molar-refractivity contribution in [2.75, 3.05) is 11.5 Å². The normalized spacial score (nSPS) is 19.5. The summed E-state index contributed by atoms with van der Waals surface area (Å²) in [5.41, 5.74) is 4.68. The van der Waals surface area contributed by atoms with Crippen molar-refractivity contribution in [2.24, 2.45) is 5.16 Å². The van der Waals surface area contributed by atoms with Crippen molar-refractivity contribution in [1.82, 2.24) is 15.2 Å². The first kappa shape index (κ1) is 26.7. The first-order chi connectivity index (χ1) is 18.7. The van der Waals surface area contributed by atoms with Crippen LogP contribution in [-0.4, -0.2) is 62.9 Å². The molecule has 4 N–H and O–H groups in total. The van der Waals surface area contributed by atoms with Crippen molar-refractivity contribution in [3.8, 4) is 0 Å². The number of alkyl halides is 2. The Kier molecular flexibility index (Phi) is 7.58. The summed E-state index contributed by atoms with van der Waals surface area (Å²) in [5, 5.41) is 20.0. The van der Waals surface area contributed by atoms with Crippen LogP contribution in [0, 0.1) is 0 Å². The fourth-order valence-corrected chi connectivity index (χ4v) is 6.80. The molecule has 3 aromatic rings. The number of hydrogen-bond acceptors (Lipinski definition) is 10. The van der Waals surface area contributed by atoms with Crippen LogP contribution in [0.15, 0.2) is 63.1 Å². The van der Waals surface area contributed by atoms with Crippen LogP contribution in [0.1, 0.15) is 5.69 Å². The number of halogens is 2. The molecule has 3 aromatic heterocycles. The number of rotatable bonds is 9. The van der Waals surface area contributed by atoms with Gasteiger partial charge >= 0.3 is 12.6 Å². The number of thiazole rings is 1. The number of nitrogens with one attached hydrogen (secondary N) is 1. The molecule has 0 aromatic carbocycles. The monoisotopic (exact) mass is 593 g/mol. The molecule has 5 heterocycles. The fourth-order valence-electron chi connectivity index (χ4n) is 4.16. The molecule has 2 unspecified atom stereocenters. The molecule has 202 valence electrons. The number of nitrogens with two attached hydrogens (primary N) is 1. The van der Waals surface area contributed by atoms with Gasteiger partial charge in [0.2, 0.25) is 0 Å². The second-order valence-corrected chi connectivity index (χ2v) is 11.0. The minimum Gasteiger partial charge on any atom is -0.477 e. The van der Waals surface area contributed by atoms with E-state index in [1.807, 2.05) is 40.4 Å². The highest BCUT2D eigenvalue weighted by molar-refractivity contribution is 8.03. The lowest BCUT2D eigenvalue weighted by Gasteiger charge is -2.49. The molecule has 5 rings (SSSR count). The smallest absolute Gasteiger partial charge is 0.407 e. The Morgan fingerprint density at radius 3 is 2.92 bits per heavy atom. The number of amides is 2. The number of nitrogens with zero attached hydrogens (tertiary/aromatic N) is 4. The van der Waals surface area contributed by atoms with Gasteiger partial charge in [0.1, 0.15) is 17.4 Å². The van der Waals surface area contributed by atoms with Gasteiger partial charge in [-0.1, -0.05) is 16.5 Å². The molecule has 0 spiro atoms. The van der Waals surface area contributed by atoms with E-state index < -0.39 is 42.2 Å². The molecule has 0 bridgehead atoms. The molecule has 0 radical (unpaired) electrons. The Morgan fingerprint density at radius 1 is 1.38 bits per heavy atom. The van der Waals surface area contributed by atoms with Crippen LogP contribution in [0.4, 0.5) is 13.9 Å². The molecular weight excluding hydrogens is 574 g/mol. The van der Waals surface area contributed by atoms with Crippen molar-refractivity contribution in [3.05, 3.63) is 63.6 Å². The first-order valence-electron chi connectivity index (χ1n) is 11.2. The van der Waals surface area contributed by atoms with Crippen LogP contribution in [-0.2, 0) is 25.8 Å². The van der Waals surface area contributed by atoms with Crippen LogP contribution < -0.4 is 15.6 Å². The van der Waals surface area contributed by atoms with Crippen LogP contribution in [0.25, 0.3) is 10.2 Å². The highest BCUT2D eigenvalue weighted by Crippen LogP contribution is 2.39. The molecule has 1 saturated heterocycles. The second kappa shape index (κ2) is 11.1. The SMILES string of the molecule is Nc1nc(C(=NOC(F)F)C(=O)NC2C(=O)N3C(C(=O)O)=C(C=CC[n+]4cccc5ccsc54)SCC23)cs1. The molecule has 11 nitrogen and oxygen atoms in total. The van der Waals surface area contributed by atoms with Gasteiger partial charge in [-0.25, -0.2) is 9.78 Å². The number of pyridine rings is 1. The van der Waals surface area contributed by atoms with E-state index in [1.54, 1.807) is 17.4 Å². The third kappa shape index (κ3) is 5.35. The second-order valence-electron chi connectivity index (χ2n) is 8.18. The number of nitrogen functional groups attached to an aromatic ring is 1. The van der Waals surface area contributed by atoms with Crippen molar-refractivity contribution < 1.29 is 37.7 Å². The van der Waals surface area contributed by atoms with E-state index in [0.717, 1.165) is 26.5 Å². The van der Waals surface area contributed by atoms with Gasteiger partial charge in [-0.3, -0.25) is 14.5 Å². The van der Waals surface area contributed by atoms with E-state index in [0.29, 0.717) is 17.2 Å². The fraction of sp³-hybridized carbons (Fsp3) is 0.217. The molecule has 0 saturated carbocycles. The number of carbonyl (C=O) groups is 3. The maximum atomic E-state index is 13.0. The quantitative estimate of drug-likeness (QED) is 0.148. The molecule has 1 fully saturated rings. The van der Waals surface area contributed by atoms with E-state index in [4.69, 9.17) is 5.73 Å². The van der Waals surface area contributed by atoms with Crippen LogP contribution in [0.2, 0.25) is 0 Å². The molecule has 2 aliphatic heterocycles. The predicted octanol–water partition coefficient (Wildman–Crippen LogP) is 2.17. The maximum absolute atomic E-state index is 13.0. The van der Waals surface area contributed by atoms with Crippen molar-refractivity contribution >= 4 is 73.3 Å². The Hall–Kier alpha value is -3.89. The minimum atomic E-state index is -3.29. The van der Waals surface area contributed by atoms with E-state index in [2.05, 4.69) is 20.3 Å². The maximum Gasteiger partial charge on any atom is 0.407 e. The molecule has 0 aliphatic carbocycles. The van der Waals surface area contributed by atoms with Gasteiger partial charge in [-0.2, -0.15) is 13.3 Å². The van der Waals surface area contributed by atoms with Gasteiger partial charge in [0.05, 0.1) is 11.4 Å². The van der Waals surface area contributed by atoms with Gasteiger partial charge in [0.25, 0.3) is 16.6 Å². The Bertz CT molecular complexity index is 1550. The number of oxime groups is 1. The third-order valence-corrected chi connectivity index (χ3v) is 8.63. The summed E-state index contributed by atoms with van der Waals surface area (Å²) >= 11 is 3.79. The molecule has 2 atom stereocenters. The number of carboxylic acid groups (broad SMARTS) is 1. The zero-order valence-corrected chi connectivity index (χ0v) is 22.1. The zero-order valence-electron chi connectivity index (χ0n) is 19.7. The summed E-state index contributed by atoms with van der Waals surface area (Å²) in [7, 11) is 0. The third-order valence-electron chi connectivity index (χ3n) is 5.84. The average Bonchev–Trinajstić information content (AvgIpc) is 3.56. The number of hydrogen-bond donors (Lipinski definition) is 3. The standard InChI is InChI=1S/C23H18F2N6O5S3/c24-22(25)36-29-15(12-9-39-23(26)27-12)18(32)28-16-13-10-38-14(17(21(34)35)31(13)19(16)33)4-2-7-30-6-1-3-11-5-8-37-20(11)30/h1-6,8-9,13,16,22H,7,10H2,(H3-,26,27,28,32,34,35)/p+1. The Morgan fingerprint density at radius 2 is 2.21 bits per heavy atom. The van der Waals surface area contributed by atoms with Crippen molar-refractivity contribution in [3.63, 3.8) is 0 Å². The van der Waals surface area contributed by atoms with Gasteiger partial charge in [0.15, 0.2) is 23.6 Å². The lowest BCUT2D eigenvalue weighted by Crippen LogP contribution is -2.73. The Balaban J connectivity index is 1.32. The van der Waals surface area contributed by atoms with E-state index in [1.165, 1.54) is 17.1 Å². The summed E-state index contributed by atoms with van der Waals surface area (Å²) in [6.45, 7) is -2.79. The zero-order chi connectivity index (χ0) is 27.7. The van der Waals surface area contributed by atoms with Gasteiger partial charge in [-0.05, 0) is 29.7 Å². The molecule has 2 amide bonds. The number of thiophene rings is 1. The van der Waals surface area contributed by atoms with Crippen LogP contribution in [0.3, 0.4) is 0 Å². The number of carbonyl (C=O) groups excluding carboxylic acids is 2. The number of fused-ring (bicyclic) bond motifs is 2. The lowest BCUT2D eigenvalue weighted by molar-refractivity contribution is -0.658. The summed E-state index contributed by atoms with van der Waals surface area (Å²) < 4.78 is 27.2. The van der Waals surface area contributed by atoms with E-state index in [-0.39, 0.29) is 16.5 Å². The predicted molar refractivity (Wildman–Crippen MR) is 141 cm³/mol. The number of anilines is 1. The molecular formula is C23H19F2N6O5S3+. The van der Waals surface area contributed by atoms with E-state index in [9.17, 15) is 28.3 Å². The minimum absolute atomic E-state index is 0.0689. The topological polar surface area (TPSA) is 151 Å². The molecule has 16 heteroatoms. The van der Waals surface area contributed by atoms with Crippen molar-refractivity contribution in [1.29, 1.82) is 0 Å². The van der Waals surface area contributed by atoms with E-state index >= 15 is 0 Å². The lowest BCUT2D eigenvalue weighted by atomic mass is 9.94. The summed E-state index contributed by atoms with van der Waals surface area (Å²) in [5.74, 6) is -2.63. The Labute approximate surface area is 231 Å². The summed E-state index contributed by atoms with van der Waals surface area (Å²) in [4.78, 5) is 48.4. The first-order valence-corrected chi connectivity index (χ1v) is 14.0. The van der Waals surface area contributed by atoms with Gasteiger partial charge in [-0.15, -0.1) is 23.1 Å². The number of allylic oxidation sites excluding steroid dienone is 2. The van der Waals surface area contributed by atoms with Gasteiger partial charge < -0.3 is 21.0 Å². The average molecular weight is 594 g/mol. The number of thioether (sulfide) groups is 1. The molecule has 39 heavy (non-hydrogen) atoms. The number of carboxylic acids is 1.